The average molecular weight is 401 g/mol. The summed E-state index contributed by atoms with van der Waals surface area (Å²) in [6, 6.07) is 6.51. The highest BCUT2D eigenvalue weighted by Gasteiger charge is 2.32. The molecule has 5 nitrogen and oxygen atoms in total. The highest BCUT2D eigenvalue weighted by Crippen LogP contribution is 2.31. The number of pyridine rings is 1. The van der Waals surface area contributed by atoms with E-state index in [4.69, 9.17) is 27.9 Å². The van der Waals surface area contributed by atoms with E-state index in [1.807, 2.05) is 0 Å². The first-order valence-corrected chi connectivity index (χ1v) is 10.1. The first kappa shape index (κ1) is 18.5. The van der Waals surface area contributed by atoms with Gasteiger partial charge in [0.25, 0.3) is 0 Å². The zero-order chi connectivity index (χ0) is 18.0. The number of aryl methyl sites for hydroxylation is 1. The van der Waals surface area contributed by atoms with Crippen LogP contribution < -0.4 is 4.74 Å². The molecule has 1 atom stereocenters. The Bertz CT molecular complexity index is 860. The molecule has 1 aromatic heterocycles. The van der Waals surface area contributed by atoms with Crippen molar-refractivity contribution in [3.8, 4) is 5.75 Å². The first-order chi connectivity index (χ1) is 11.9. The SMILES string of the molecule is Cc1cc(S(=O)(=O)N2CCCC(Oc3ccncc3)C2)c(Cl)cc1Cl. The van der Waals surface area contributed by atoms with Gasteiger partial charge in [-0.1, -0.05) is 23.2 Å². The molecule has 25 heavy (non-hydrogen) atoms. The van der Waals surface area contributed by atoms with Gasteiger partial charge < -0.3 is 4.74 Å². The molecule has 0 amide bonds. The molecule has 0 aliphatic carbocycles. The molecular formula is C17H18Cl2N2O3S. The summed E-state index contributed by atoms with van der Waals surface area (Å²) in [4.78, 5) is 4.03. The molecule has 8 heteroatoms. The molecule has 1 unspecified atom stereocenters. The number of sulfonamides is 1. The normalized spacial score (nSPS) is 18.9. The quantitative estimate of drug-likeness (QED) is 0.779. The predicted octanol–water partition coefficient (Wildman–Crippen LogP) is 3.93. The Kier molecular flexibility index (Phi) is 5.53. The Morgan fingerprint density at radius 1 is 1.20 bits per heavy atom. The lowest BCUT2D eigenvalue weighted by Crippen LogP contribution is -2.44. The van der Waals surface area contributed by atoms with Crippen molar-refractivity contribution >= 4 is 33.2 Å². The number of piperidine rings is 1. The van der Waals surface area contributed by atoms with E-state index in [2.05, 4.69) is 4.98 Å². The molecule has 0 bridgehead atoms. The van der Waals surface area contributed by atoms with Gasteiger partial charge in [-0.15, -0.1) is 0 Å². The molecule has 1 aromatic carbocycles. The predicted molar refractivity (Wildman–Crippen MR) is 97.8 cm³/mol. The second-order valence-corrected chi connectivity index (χ2v) is 8.68. The van der Waals surface area contributed by atoms with Crippen molar-refractivity contribution in [1.82, 2.24) is 9.29 Å². The van der Waals surface area contributed by atoms with Gasteiger partial charge >= 0.3 is 0 Å². The fraction of sp³-hybridized carbons (Fsp3) is 0.353. The molecule has 3 rings (SSSR count). The third-order valence-electron chi connectivity index (χ3n) is 4.12. The Balaban J connectivity index is 1.81. The molecule has 0 N–H and O–H groups in total. The van der Waals surface area contributed by atoms with E-state index in [1.165, 1.54) is 16.4 Å². The van der Waals surface area contributed by atoms with Gasteiger partial charge in [-0.2, -0.15) is 4.31 Å². The molecule has 0 saturated carbocycles. The fourth-order valence-electron chi connectivity index (χ4n) is 2.80. The van der Waals surface area contributed by atoms with Crippen LogP contribution in [0.2, 0.25) is 10.0 Å². The van der Waals surface area contributed by atoms with Crippen LogP contribution >= 0.6 is 23.2 Å². The third-order valence-corrected chi connectivity index (χ3v) is 6.86. The summed E-state index contributed by atoms with van der Waals surface area (Å²) in [5, 5.41) is 0.578. The number of hydrogen-bond acceptors (Lipinski definition) is 4. The van der Waals surface area contributed by atoms with Crippen LogP contribution in [-0.2, 0) is 10.0 Å². The zero-order valence-corrected chi connectivity index (χ0v) is 16.0. The van der Waals surface area contributed by atoms with Crippen molar-refractivity contribution < 1.29 is 13.2 Å². The van der Waals surface area contributed by atoms with E-state index in [-0.39, 0.29) is 22.6 Å². The van der Waals surface area contributed by atoms with Gasteiger partial charge in [-0.25, -0.2) is 8.42 Å². The highest BCUT2D eigenvalue weighted by atomic mass is 35.5. The molecule has 1 saturated heterocycles. The summed E-state index contributed by atoms with van der Waals surface area (Å²) in [5.74, 6) is 0.680. The number of benzene rings is 1. The number of halogens is 2. The minimum absolute atomic E-state index is 0.0839. The van der Waals surface area contributed by atoms with E-state index < -0.39 is 10.0 Å². The number of rotatable bonds is 4. The van der Waals surface area contributed by atoms with E-state index in [0.717, 1.165) is 12.8 Å². The van der Waals surface area contributed by atoms with Crippen LogP contribution in [0.1, 0.15) is 18.4 Å². The Hall–Kier alpha value is -1.34. The monoisotopic (exact) mass is 400 g/mol. The fourth-order valence-corrected chi connectivity index (χ4v) is 5.11. The summed E-state index contributed by atoms with van der Waals surface area (Å²) < 4.78 is 33.3. The molecule has 134 valence electrons. The van der Waals surface area contributed by atoms with Crippen LogP contribution in [0.5, 0.6) is 5.75 Å². The van der Waals surface area contributed by atoms with Crippen molar-refractivity contribution in [3.63, 3.8) is 0 Å². The van der Waals surface area contributed by atoms with Crippen molar-refractivity contribution in [2.24, 2.45) is 0 Å². The van der Waals surface area contributed by atoms with Crippen LogP contribution in [0.4, 0.5) is 0 Å². The topological polar surface area (TPSA) is 59.5 Å². The van der Waals surface area contributed by atoms with Crippen LogP contribution in [0.25, 0.3) is 0 Å². The molecule has 0 radical (unpaired) electrons. The smallest absolute Gasteiger partial charge is 0.244 e. The van der Waals surface area contributed by atoms with Crippen LogP contribution in [-0.4, -0.2) is 36.9 Å². The van der Waals surface area contributed by atoms with Crippen molar-refractivity contribution in [3.05, 3.63) is 52.3 Å². The Morgan fingerprint density at radius 3 is 2.64 bits per heavy atom. The summed E-state index contributed by atoms with van der Waals surface area (Å²) >= 11 is 12.2. The van der Waals surface area contributed by atoms with Gasteiger partial charge in [0.2, 0.25) is 10.0 Å². The number of ether oxygens (including phenoxy) is 1. The largest absolute Gasteiger partial charge is 0.489 e. The van der Waals surface area contributed by atoms with E-state index >= 15 is 0 Å². The summed E-state index contributed by atoms with van der Waals surface area (Å²) in [5.41, 5.74) is 0.672. The maximum Gasteiger partial charge on any atom is 0.244 e. The van der Waals surface area contributed by atoms with Crippen molar-refractivity contribution in [2.75, 3.05) is 13.1 Å². The number of aromatic nitrogens is 1. The second-order valence-electron chi connectivity index (χ2n) is 5.96. The zero-order valence-electron chi connectivity index (χ0n) is 13.7. The standard InChI is InChI=1S/C17H18Cl2N2O3S/c1-12-9-17(16(19)10-15(12)18)25(22,23)21-8-2-3-14(11-21)24-13-4-6-20-7-5-13/h4-7,9-10,14H,2-3,8,11H2,1H3. The van der Waals surface area contributed by atoms with Crippen molar-refractivity contribution in [2.45, 2.75) is 30.8 Å². The maximum atomic E-state index is 13.0. The van der Waals surface area contributed by atoms with E-state index in [9.17, 15) is 8.42 Å². The average Bonchev–Trinajstić information content (AvgIpc) is 2.59. The number of hydrogen-bond donors (Lipinski definition) is 0. The second kappa shape index (κ2) is 7.50. The molecule has 1 aliphatic heterocycles. The number of nitrogens with zero attached hydrogens (tertiary/aromatic N) is 2. The first-order valence-electron chi connectivity index (χ1n) is 7.90. The van der Waals surface area contributed by atoms with Gasteiger partial charge in [0.1, 0.15) is 16.7 Å². The maximum absolute atomic E-state index is 13.0. The van der Waals surface area contributed by atoms with E-state index in [0.29, 0.717) is 22.9 Å². The molecule has 0 spiro atoms. The summed E-state index contributed by atoms with van der Waals surface area (Å²) in [7, 11) is -3.71. The lowest BCUT2D eigenvalue weighted by Gasteiger charge is -2.32. The highest BCUT2D eigenvalue weighted by molar-refractivity contribution is 7.89. The lowest BCUT2D eigenvalue weighted by molar-refractivity contribution is 0.129. The lowest BCUT2D eigenvalue weighted by atomic mass is 10.1. The van der Waals surface area contributed by atoms with Gasteiger partial charge in [0.15, 0.2) is 0 Å². The minimum Gasteiger partial charge on any atom is -0.489 e. The van der Waals surface area contributed by atoms with E-state index in [1.54, 1.807) is 31.5 Å². The Morgan fingerprint density at radius 2 is 1.92 bits per heavy atom. The molecule has 1 fully saturated rings. The van der Waals surface area contributed by atoms with Gasteiger partial charge in [0.05, 0.1) is 11.6 Å². The van der Waals surface area contributed by atoms with Gasteiger partial charge in [0, 0.05) is 24.0 Å². The van der Waals surface area contributed by atoms with Crippen LogP contribution in [0, 0.1) is 6.92 Å². The molecule has 1 aliphatic rings. The van der Waals surface area contributed by atoms with Gasteiger partial charge in [-0.05, 0) is 49.6 Å². The molecule has 2 aromatic rings. The van der Waals surface area contributed by atoms with Crippen LogP contribution in [0.15, 0.2) is 41.6 Å². The van der Waals surface area contributed by atoms with Crippen molar-refractivity contribution in [1.29, 1.82) is 0 Å². The third kappa shape index (κ3) is 4.08. The van der Waals surface area contributed by atoms with Gasteiger partial charge in [-0.3, -0.25) is 4.98 Å². The summed E-state index contributed by atoms with van der Waals surface area (Å²) in [6.07, 6.45) is 4.59. The molecular weight excluding hydrogens is 383 g/mol. The Labute approximate surface area is 157 Å². The minimum atomic E-state index is -3.71. The molecule has 2 heterocycles. The summed E-state index contributed by atoms with van der Waals surface area (Å²) in [6.45, 7) is 2.47. The van der Waals surface area contributed by atoms with Crippen LogP contribution in [0.3, 0.4) is 0 Å².